The molecular formula is C16H17N3O3S. The van der Waals surface area contributed by atoms with E-state index < -0.39 is 11.9 Å². The largest absolute Gasteiger partial charge is 0.482 e. The van der Waals surface area contributed by atoms with Crippen molar-refractivity contribution < 1.29 is 14.3 Å². The van der Waals surface area contributed by atoms with Gasteiger partial charge in [-0.15, -0.1) is 11.3 Å². The lowest BCUT2D eigenvalue weighted by molar-refractivity contribution is -0.126. The second-order valence-corrected chi connectivity index (χ2v) is 6.38. The Morgan fingerprint density at radius 3 is 2.91 bits per heavy atom. The molecule has 120 valence electrons. The van der Waals surface area contributed by atoms with Crippen molar-refractivity contribution in [2.75, 3.05) is 11.5 Å². The van der Waals surface area contributed by atoms with Crippen molar-refractivity contribution in [1.29, 1.82) is 0 Å². The summed E-state index contributed by atoms with van der Waals surface area (Å²) in [5.41, 5.74) is 7.74. The van der Waals surface area contributed by atoms with E-state index in [0.29, 0.717) is 17.9 Å². The zero-order chi connectivity index (χ0) is 16.6. The summed E-state index contributed by atoms with van der Waals surface area (Å²) in [7, 11) is 0. The van der Waals surface area contributed by atoms with Gasteiger partial charge in [-0.2, -0.15) is 0 Å². The van der Waals surface area contributed by atoms with Crippen LogP contribution in [0.3, 0.4) is 0 Å². The minimum Gasteiger partial charge on any atom is -0.482 e. The molecule has 1 unspecified atom stereocenters. The van der Waals surface area contributed by atoms with Gasteiger partial charge in [0, 0.05) is 10.9 Å². The summed E-state index contributed by atoms with van der Waals surface area (Å²) in [5, 5.41) is 2.92. The average Bonchev–Trinajstić information content (AvgIpc) is 2.96. The lowest BCUT2D eigenvalue weighted by Crippen LogP contribution is -2.51. The number of benzene rings is 1. The summed E-state index contributed by atoms with van der Waals surface area (Å²) < 4.78 is 5.48. The van der Waals surface area contributed by atoms with Crippen molar-refractivity contribution in [3.63, 3.8) is 0 Å². The molecule has 0 saturated heterocycles. The number of rotatable bonds is 4. The molecule has 0 spiro atoms. The van der Waals surface area contributed by atoms with Crippen LogP contribution in [0.2, 0.25) is 0 Å². The van der Waals surface area contributed by atoms with Gasteiger partial charge in [0.2, 0.25) is 5.91 Å². The predicted octanol–water partition coefficient (Wildman–Crippen LogP) is 2.11. The third kappa shape index (κ3) is 2.79. The molecule has 2 amide bonds. The highest BCUT2D eigenvalue weighted by Crippen LogP contribution is 2.37. The molecule has 1 aromatic carbocycles. The quantitative estimate of drug-likeness (QED) is 0.930. The number of nitrogens with two attached hydrogens (primary N) is 1. The number of carbonyl (C=O) groups excluding carboxylic acids is 2. The van der Waals surface area contributed by atoms with E-state index in [4.69, 9.17) is 10.5 Å². The number of anilines is 1. The molecule has 0 aliphatic carbocycles. The van der Waals surface area contributed by atoms with Crippen LogP contribution in [0.15, 0.2) is 23.6 Å². The maximum absolute atomic E-state index is 12.3. The second kappa shape index (κ2) is 6.00. The first-order chi connectivity index (χ1) is 11.0. The summed E-state index contributed by atoms with van der Waals surface area (Å²) in [4.78, 5) is 29.9. The smallest absolute Gasteiger partial charge is 0.265 e. The molecule has 1 aliphatic rings. The first kappa shape index (κ1) is 15.5. The Morgan fingerprint density at radius 1 is 1.52 bits per heavy atom. The van der Waals surface area contributed by atoms with E-state index in [1.54, 1.807) is 17.4 Å². The van der Waals surface area contributed by atoms with Crippen molar-refractivity contribution in [3.05, 3.63) is 28.6 Å². The molecule has 0 radical (unpaired) electrons. The minimum atomic E-state index is -0.683. The van der Waals surface area contributed by atoms with Crippen LogP contribution in [-0.2, 0) is 9.59 Å². The van der Waals surface area contributed by atoms with Crippen molar-refractivity contribution in [3.8, 4) is 17.0 Å². The van der Waals surface area contributed by atoms with Gasteiger partial charge in [-0.25, -0.2) is 4.98 Å². The maximum atomic E-state index is 12.3. The van der Waals surface area contributed by atoms with Crippen molar-refractivity contribution in [1.82, 2.24) is 4.98 Å². The fourth-order valence-electron chi connectivity index (χ4n) is 2.68. The van der Waals surface area contributed by atoms with E-state index in [1.165, 1.54) is 4.90 Å². The van der Waals surface area contributed by atoms with Crippen LogP contribution in [0.1, 0.15) is 18.4 Å². The number of nitrogens with zero attached hydrogens (tertiary/aromatic N) is 2. The summed E-state index contributed by atoms with van der Waals surface area (Å²) >= 11 is 1.56. The minimum absolute atomic E-state index is 0.0913. The monoisotopic (exact) mass is 331 g/mol. The number of primary amides is 1. The molecule has 1 atom stereocenters. The molecule has 7 heteroatoms. The maximum Gasteiger partial charge on any atom is 0.265 e. The van der Waals surface area contributed by atoms with E-state index in [9.17, 15) is 9.59 Å². The molecule has 23 heavy (non-hydrogen) atoms. The Hall–Kier alpha value is -2.41. The number of carbonyl (C=O) groups is 2. The van der Waals surface area contributed by atoms with E-state index >= 15 is 0 Å². The Labute approximate surface area is 137 Å². The van der Waals surface area contributed by atoms with Crippen LogP contribution < -0.4 is 15.4 Å². The fraction of sp³-hybridized carbons (Fsp3) is 0.312. The second-order valence-electron chi connectivity index (χ2n) is 5.31. The third-order valence-corrected chi connectivity index (χ3v) is 4.55. The summed E-state index contributed by atoms with van der Waals surface area (Å²) in [6.07, 6.45) is 0.445. The molecular weight excluding hydrogens is 314 g/mol. The van der Waals surface area contributed by atoms with Gasteiger partial charge in [0.15, 0.2) is 6.61 Å². The number of amides is 2. The van der Waals surface area contributed by atoms with Gasteiger partial charge in [-0.1, -0.05) is 6.92 Å². The summed E-state index contributed by atoms with van der Waals surface area (Å²) in [6, 6.07) is 4.84. The number of thiazole rings is 1. The molecule has 3 rings (SSSR count). The highest BCUT2D eigenvalue weighted by atomic mass is 32.1. The van der Waals surface area contributed by atoms with Gasteiger partial charge in [0.05, 0.1) is 16.4 Å². The van der Waals surface area contributed by atoms with Crippen LogP contribution >= 0.6 is 11.3 Å². The SMILES string of the molecule is CCC(C(N)=O)N1C(=O)COc2ccc(-c3csc(C)n3)cc21. The highest BCUT2D eigenvalue weighted by Gasteiger charge is 2.34. The first-order valence-corrected chi connectivity index (χ1v) is 8.20. The normalized spacial score (nSPS) is 15.0. The zero-order valence-corrected chi connectivity index (χ0v) is 13.7. The number of hydrogen-bond donors (Lipinski definition) is 1. The van der Waals surface area contributed by atoms with Crippen LogP contribution in [0.5, 0.6) is 5.75 Å². The highest BCUT2D eigenvalue weighted by molar-refractivity contribution is 7.09. The van der Waals surface area contributed by atoms with Crippen LogP contribution in [0.4, 0.5) is 5.69 Å². The number of aromatic nitrogens is 1. The van der Waals surface area contributed by atoms with E-state index in [0.717, 1.165) is 16.3 Å². The Morgan fingerprint density at radius 2 is 2.30 bits per heavy atom. The topological polar surface area (TPSA) is 85.5 Å². The van der Waals surface area contributed by atoms with Crippen molar-refractivity contribution >= 4 is 28.8 Å². The third-order valence-electron chi connectivity index (χ3n) is 3.78. The number of aryl methyl sites for hydroxylation is 1. The van der Waals surface area contributed by atoms with Gasteiger partial charge in [-0.05, 0) is 31.5 Å². The molecule has 0 saturated carbocycles. The lowest BCUT2D eigenvalue weighted by atomic mass is 10.1. The Bertz CT molecular complexity index is 772. The lowest BCUT2D eigenvalue weighted by Gasteiger charge is -2.34. The van der Waals surface area contributed by atoms with Crippen molar-refractivity contribution in [2.24, 2.45) is 5.73 Å². The van der Waals surface area contributed by atoms with E-state index in [-0.39, 0.29) is 12.5 Å². The van der Waals surface area contributed by atoms with Gasteiger partial charge >= 0.3 is 0 Å². The molecule has 6 nitrogen and oxygen atoms in total. The fourth-order valence-corrected chi connectivity index (χ4v) is 3.30. The molecule has 2 aromatic rings. The average molecular weight is 331 g/mol. The van der Waals surface area contributed by atoms with Gasteiger partial charge in [-0.3, -0.25) is 14.5 Å². The van der Waals surface area contributed by atoms with Crippen LogP contribution in [0.25, 0.3) is 11.3 Å². The Kier molecular flexibility index (Phi) is 4.04. The van der Waals surface area contributed by atoms with Gasteiger partial charge < -0.3 is 10.5 Å². The van der Waals surface area contributed by atoms with Gasteiger partial charge in [0.1, 0.15) is 11.8 Å². The van der Waals surface area contributed by atoms with Crippen LogP contribution in [0, 0.1) is 6.92 Å². The molecule has 2 N–H and O–H groups in total. The predicted molar refractivity (Wildman–Crippen MR) is 88.5 cm³/mol. The van der Waals surface area contributed by atoms with E-state index in [1.807, 2.05) is 31.4 Å². The van der Waals surface area contributed by atoms with Crippen molar-refractivity contribution in [2.45, 2.75) is 26.3 Å². The molecule has 1 aliphatic heterocycles. The first-order valence-electron chi connectivity index (χ1n) is 7.32. The van der Waals surface area contributed by atoms with Crippen LogP contribution in [-0.4, -0.2) is 29.4 Å². The summed E-state index contributed by atoms with van der Waals surface area (Å²) in [5.74, 6) is -0.224. The van der Waals surface area contributed by atoms with Gasteiger partial charge in [0.25, 0.3) is 5.91 Å². The number of ether oxygens (including phenoxy) is 1. The Balaban J connectivity index is 2.09. The zero-order valence-electron chi connectivity index (χ0n) is 12.9. The molecule has 2 heterocycles. The standard InChI is InChI=1S/C16H17N3O3S/c1-3-12(16(17)21)19-13-6-10(11-8-23-9(2)18-11)4-5-14(13)22-7-15(19)20/h4-6,8,12H,3,7H2,1-2H3,(H2,17,21). The molecule has 0 fully saturated rings. The molecule has 1 aromatic heterocycles. The molecule has 0 bridgehead atoms. The number of fused-ring (bicyclic) bond motifs is 1. The number of hydrogen-bond acceptors (Lipinski definition) is 5. The summed E-state index contributed by atoms with van der Waals surface area (Å²) in [6.45, 7) is 3.67. The van der Waals surface area contributed by atoms with E-state index in [2.05, 4.69) is 4.98 Å².